The van der Waals surface area contributed by atoms with E-state index in [1.807, 2.05) is 20.8 Å². The summed E-state index contributed by atoms with van der Waals surface area (Å²) < 4.78 is 5.06. The van der Waals surface area contributed by atoms with Crippen molar-refractivity contribution in [2.24, 2.45) is 5.73 Å². The number of ether oxygens (including phenoxy) is 1. The lowest BCUT2D eigenvalue weighted by molar-refractivity contribution is -0.294. The Morgan fingerprint density at radius 1 is 1.18 bits per heavy atom. The average Bonchev–Trinajstić information content (AvgIpc) is 2.19. The minimum absolute atomic E-state index is 0.415. The molecule has 0 spiro atoms. The molecule has 0 bridgehead atoms. The lowest BCUT2D eigenvalue weighted by Gasteiger charge is -2.19. The first-order chi connectivity index (χ1) is 7.95. The molecule has 0 aromatic carbocycles. The minimum Gasteiger partial charge on any atom is -0.444 e. The number of nitrogens with two attached hydrogens (primary N) is 1. The van der Waals surface area contributed by atoms with Crippen LogP contribution in [0.2, 0.25) is 0 Å². The summed E-state index contributed by atoms with van der Waals surface area (Å²) in [6.07, 6.45) is 1.03. The van der Waals surface area contributed by atoms with Crippen molar-refractivity contribution in [3.63, 3.8) is 0 Å². The van der Waals surface area contributed by atoms with E-state index in [9.17, 15) is 4.79 Å². The first kappa shape index (κ1) is 16.1. The Kier molecular flexibility index (Phi) is 8.75. The summed E-state index contributed by atoms with van der Waals surface area (Å²) in [4.78, 5) is 20.9. The summed E-state index contributed by atoms with van der Waals surface area (Å²) in [5, 5.41) is 2.62. The molecule has 0 rings (SSSR count). The number of nitrogens with one attached hydrogen (secondary N) is 1. The van der Waals surface area contributed by atoms with E-state index in [1.165, 1.54) is 0 Å². The molecule has 102 valence electrons. The highest BCUT2D eigenvalue weighted by molar-refractivity contribution is 5.67. The second-order valence-corrected chi connectivity index (χ2v) is 4.57. The van der Waals surface area contributed by atoms with Gasteiger partial charge in [-0.15, -0.1) is 0 Å². The Labute approximate surface area is 103 Å². The molecule has 1 amide bonds. The second kappa shape index (κ2) is 9.21. The van der Waals surface area contributed by atoms with Gasteiger partial charge in [0.25, 0.3) is 0 Å². The van der Waals surface area contributed by atoms with Gasteiger partial charge in [-0.2, -0.15) is 0 Å². The van der Waals surface area contributed by atoms with Gasteiger partial charge in [-0.1, -0.05) is 0 Å². The number of carbonyl (C=O) groups is 1. The highest BCUT2D eigenvalue weighted by Crippen LogP contribution is 2.06. The Balaban J connectivity index is 3.25. The maximum Gasteiger partial charge on any atom is 0.407 e. The van der Waals surface area contributed by atoms with Gasteiger partial charge in [0.15, 0.2) is 0 Å². The van der Waals surface area contributed by atoms with Crippen molar-refractivity contribution in [2.45, 2.75) is 39.2 Å². The molecule has 6 heteroatoms. The van der Waals surface area contributed by atoms with Crippen LogP contribution in [0, 0.1) is 0 Å². The van der Waals surface area contributed by atoms with Crippen molar-refractivity contribution in [1.29, 1.82) is 0 Å². The molecule has 0 aliphatic carbocycles. The smallest absolute Gasteiger partial charge is 0.407 e. The van der Waals surface area contributed by atoms with Crippen molar-refractivity contribution in [3.05, 3.63) is 0 Å². The molecule has 0 unspecified atom stereocenters. The van der Waals surface area contributed by atoms with Crippen LogP contribution in [0.25, 0.3) is 0 Å². The molecule has 3 N–H and O–H groups in total. The lowest BCUT2D eigenvalue weighted by atomic mass is 10.2. The fraction of sp³-hybridized carbons (Fsp3) is 0.909. The standard InChI is InChI=1S/C11H24N2O4/c1-11(2,3)17-10(14)13-7-5-9-16-15-8-4-6-12/h4-9,12H2,1-3H3,(H,13,14). The summed E-state index contributed by atoms with van der Waals surface area (Å²) in [6, 6.07) is 0. The molecule has 0 aromatic rings. The molecule has 0 aliphatic rings. The zero-order valence-electron chi connectivity index (χ0n) is 11.0. The van der Waals surface area contributed by atoms with Crippen LogP contribution in [-0.2, 0) is 14.5 Å². The summed E-state index contributed by atoms with van der Waals surface area (Å²) >= 11 is 0. The van der Waals surface area contributed by atoms with E-state index in [0.717, 1.165) is 6.42 Å². The van der Waals surface area contributed by atoms with Gasteiger partial charge in [0.2, 0.25) is 0 Å². The summed E-state index contributed by atoms with van der Waals surface area (Å²) in [7, 11) is 0. The van der Waals surface area contributed by atoms with Crippen LogP contribution in [0.1, 0.15) is 33.6 Å². The maximum absolute atomic E-state index is 11.2. The third kappa shape index (κ3) is 13.1. The van der Waals surface area contributed by atoms with Crippen LogP contribution >= 0.6 is 0 Å². The predicted octanol–water partition coefficient (Wildman–Crippen LogP) is 1.20. The highest BCUT2D eigenvalue weighted by atomic mass is 17.2. The Bertz CT molecular complexity index is 204. The molecule has 0 aliphatic heterocycles. The van der Waals surface area contributed by atoms with Crippen molar-refractivity contribution in [3.8, 4) is 0 Å². The SMILES string of the molecule is CC(C)(C)OC(=O)NCCCOOCCCN. The lowest BCUT2D eigenvalue weighted by Crippen LogP contribution is -2.33. The van der Waals surface area contributed by atoms with Crippen molar-refractivity contribution in [1.82, 2.24) is 5.32 Å². The van der Waals surface area contributed by atoms with Gasteiger partial charge in [-0.3, -0.25) is 0 Å². The first-order valence-corrected chi connectivity index (χ1v) is 5.87. The van der Waals surface area contributed by atoms with Crippen LogP contribution in [0.5, 0.6) is 0 Å². The number of rotatable bonds is 8. The van der Waals surface area contributed by atoms with Crippen LogP contribution in [0.3, 0.4) is 0 Å². The van der Waals surface area contributed by atoms with E-state index in [1.54, 1.807) is 0 Å². The summed E-state index contributed by atoms with van der Waals surface area (Å²) in [5.41, 5.74) is 4.81. The molecule has 0 saturated carbocycles. The number of hydrogen-bond donors (Lipinski definition) is 2. The quantitative estimate of drug-likeness (QED) is 0.383. The summed E-state index contributed by atoms with van der Waals surface area (Å²) in [5.74, 6) is 0. The van der Waals surface area contributed by atoms with E-state index in [2.05, 4.69) is 5.32 Å². The molecule has 0 atom stereocenters. The van der Waals surface area contributed by atoms with Gasteiger partial charge >= 0.3 is 6.09 Å². The van der Waals surface area contributed by atoms with Gasteiger partial charge in [0.05, 0.1) is 13.2 Å². The third-order valence-electron chi connectivity index (χ3n) is 1.59. The highest BCUT2D eigenvalue weighted by Gasteiger charge is 2.15. The molecule has 0 saturated heterocycles. The fourth-order valence-corrected chi connectivity index (χ4v) is 0.896. The molecular formula is C11H24N2O4. The van der Waals surface area contributed by atoms with Gasteiger partial charge < -0.3 is 15.8 Å². The van der Waals surface area contributed by atoms with E-state index in [0.29, 0.717) is 32.7 Å². The van der Waals surface area contributed by atoms with Crippen LogP contribution in [-0.4, -0.2) is 38.0 Å². The van der Waals surface area contributed by atoms with Gasteiger partial charge in [0, 0.05) is 6.54 Å². The zero-order valence-corrected chi connectivity index (χ0v) is 11.0. The minimum atomic E-state index is -0.466. The van der Waals surface area contributed by atoms with Crippen molar-refractivity contribution in [2.75, 3.05) is 26.3 Å². The van der Waals surface area contributed by atoms with Gasteiger partial charge in [-0.25, -0.2) is 14.6 Å². The van der Waals surface area contributed by atoms with Gasteiger partial charge in [-0.05, 0) is 40.2 Å². The number of hydrogen-bond acceptors (Lipinski definition) is 5. The monoisotopic (exact) mass is 248 g/mol. The maximum atomic E-state index is 11.2. The molecule has 17 heavy (non-hydrogen) atoms. The molecule has 6 nitrogen and oxygen atoms in total. The molecule has 0 heterocycles. The Hall–Kier alpha value is -0.850. The second-order valence-electron chi connectivity index (χ2n) is 4.57. The normalized spacial score (nSPS) is 11.3. The van der Waals surface area contributed by atoms with Crippen molar-refractivity contribution < 1.29 is 19.3 Å². The van der Waals surface area contributed by atoms with E-state index in [4.69, 9.17) is 20.2 Å². The van der Waals surface area contributed by atoms with E-state index < -0.39 is 11.7 Å². The number of amides is 1. The predicted molar refractivity (Wildman–Crippen MR) is 64.4 cm³/mol. The van der Waals surface area contributed by atoms with E-state index in [-0.39, 0.29) is 0 Å². The third-order valence-corrected chi connectivity index (χ3v) is 1.59. The number of alkyl carbamates (subject to hydrolysis) is 1. The van der Waals surface area contributed by atoms with E-state index >= 15 is 0 Å². The average molecular weight is 248 g/mol. The largest absolute Gasteiger partial charge is 0.444 e. The van der Waals surface area contributed by atoms with Gasteiger partial charge in [0.1, 0.15) is 5.60 Å². The fourth-order valence-electron chi connectivity index (χ4n) is 0.896. The molecule has 0 radical (unpaired) electrons. The Morgan fingerprint density at radius 2 is 1.76 bits per heavy atom. The van der Waals surface area contributed by atoms with Crippen LogP contribution in [0.15, 0.2) is 0 Å². The Morgan fingerprint density at radius 3 is 2.29 bits per heavy atom. The molecule has 0 fully saturated rings. The molecular weight excluding hydrogens is 224 g/mol. The van der Waals surface area contributed by atoms with Crippen molar-refractivity contribution >= 4 is 6.09 Å². The topological polar surface area (TPSA) is 82.8 Å². The van der Waals surface area contributed by atoms with Crippen LogP contribution in [0.4, 0.5) is 4.79 Å². The van der Waals surface area contributed by atoms with Crippen LogP contribution < -0.4 is 11.1 Å². The first-order valence-electron chi connectivity index (χ1n) is 5.87. The number of carbonyl (C=O) groups excluding carboxylic acids is 1. The molecule has 0 aromatic heterocycles. The zero-order chi connectivity index (χ0) is 13.1. The summed E-state index contributed by atoms with van der Waals surface area (Å²) in [6.45, 7) is 7.47.